The van der Waals surface area contributed by atoms with Crippen LogP contribution in [0.3, 0.4) is 0 Å². The van der Waals surface area contributed by atoms with Gasteiger partial charge in [-0.15, -0.1) is 12.4 Å². The number of piperidine rings is 1. The van der Waals surface area contributed by atoms with Gasteiger partial charge in [0.05, 0.1) is 0 Å². The number of hydrogen-bond donors (Lipinski definition) is 1. The van der Waals surface area contributed by atoms with Gasteiger partial charge < -0.3 is 15.1 Å². The minimum absolute atomic E-state index is 0. The fourth-order valence-corrected chi connectivity index (χ4v) is 7.22. The zero-order valence-electron chi connectivity index (χ0n) is 24.1. The Bertz CT molecular complexity index is 1080. The third-order valence-corrected chi connectivity index (χ3v) is 9.61. The summed E-state index contributed by atoms with van der Waals surface area (Å²) in [5.41, 5.74) is 4.52. The van der Waals surface area contributed by atoms with Crippen LogP contribution in [0.2, 0.25) is 0 Å². The van der Waals surface area contributed by atoms with Crippen LogP contribution in [0.15, 0.2) is 54.6 Å². The van der Waals surface area contributed by atoms with Crippen LogP contribution < -0.4 is 10.2 Å². The van der Waals surface area contributed by atoms with Crippen LogP contribution in [-0.4, -0.2) is 49.4 Å². The summed E-state index contributed by atoms with van der Waals surface area (Å²) in [5, 5.41) is 3.11. The monoisotopic (exact) mass is 565 g/mol. The maximum Gasteiger partial charge on any atom is 0.226 e. The molecule has 218 valence electrons. The van der Waals surface area contributed by atoms with Crippen molar-refractivity contribution in [3.8, 4) is 0 Å². The van der Waals surface area contributed by atoms with E-state index in [0.717, 1.165) is 44.8 Å². The number of fused-ring (bicyclic) bond motifs is 2. The van der Waals surface area contributed by atoms with Gasteiger partial charge in [-0.3, -0.25) is 9.59 Å². The smallest absolute Gasteiger partial charge is 0.226 e. The van der Waals surface area contributed by atoms with E-state index in [9.17, 15) is 9.59 Å². The van der Waals surface area contributed by atoms with E-state index >= 15 is 0 Å². The normalized spacial score (nSPS) is 18.6. The zero-order valence-corrected chi connectivity index (χ0v) is 24.9. The average Bonchev–Trinajstić information content (AvgIpc) is 3.34. The van der Waals surface area contributed by atoms with E-state index in [0.29, 0.717) is 30.6 Å². The maximum absolute atomic E-state index is 13.3. The van der Waals surface area contributed by atoms with Gasteiger partial charge in [-0.2, -0.15) is 0 Å². The molecule has 1 heterocycles. The number of nitrogens with one attached hydrogen (secondary N) is 1. The Hall–Kier alpha value is -2.37. The van der Waals surface area contributed by atoms with Crippen LogP contribution in [0.25, 0.3) is 0 Å². The molecule has 1 N–H and O–H groups in total. The van der Waals surface area contributed by atoms with Gasteiger partial charge in [0, 0.05) is 31.6 Å². The predicted octanol–water partition coefficient (Wildman–Crippen LogP) is 6.68. The summed E-state index contributed by atoms with van der Waals surface area (Å²) < 4.78 is 0. The number of carbonyl (C=O) groups is 2. The summed E-state index contributed by atoms with van der Waals surface area (Å²) in [7, 11) is 0. The molecule has 1 saturated carbocycles. The van der Waals surface area contributed by atoms with Gasteiger partial charge in [-0.1, -0.05) is 61.7 Å². The number of anilines is 1. The topological polar surface area (TPSA) is 52.7 Å². The minimum Gasteiger partial charge on any atom is -0.356 e. The molecule has 0 aromatic heterocycles. The molecule has 0 radical (unpaired) electrons. The van der Waals surface area contributed by atoms with Gasteiger partial charge in [0.15, 0.2) is 0 Å². The number of hydrogen-bond acceptors (Lipinski definition) is 3. The van der Waals surface area contributed by atoms with Gasteiger partial charge in [0.1, 0.15) is 0 Å². The summed E-state index contributed by atoms with van der Waals surface area (Å²) in [6.45, 7) is 4.83. The second kappa shape index (κ2) is 15.0. The molecule has 2 aromatic carbocycles. The van der Waals surface area contributed by atoms with Crippen LogP contribution >= 0.6 is 12.4 Å². The van der Waals surface area contributed by atoms with Crippen molar-refractivity contribution in [3.63, 3.8) is 0 Å². The van der Waals surface area contributed by atoms with Crippen LogP contribution in [0, 0.1) is 5.92 Å². The van der Waals surface area contributed by atoms with Crippen molar-refractivity contribution in [2.24, 2.45) is 5.92 Å². The molecule has 0 atom stereocenters. The van der Waals surface area contributed by atoms with Crippen molar-refractivity contribution in [1.82, 2.24) is 10.2 Å². The van der Waals surface area contributed by atoms with Crippen molar-refractivity contribution in [2.75, 3.05) is 37.6 Å². The van der Waals surface area contributed by atoms with Crippen molar-refractivity contribution in [2.45, 2.75) is 88.9 Å². The van der Waals surface area contributed by atoms with Crippen LogP contribution in [0.4, 0.5) is 5.69 Å². The van der Waals surface area contributed by atoms with Crippen molar-refractivity contribution < 1.29 is 9.59 Å². The number of nitrogens with zero attached hydrogens (tertiary/aromatic N) is 2. The Morgan fingerprint density at radius 2 is 1.60 bits per heavy atom. The van der Waals surface area contributed by atoms with E-state index in [2.05, 4.69) is 34.5 Å². The van der Waals surface area contributed by atoms with Gasteiger partial charge >= 0.3 is 0 Å². The fourth-order valence-electron chi connectivity index (χ4n) is 7.22. The lowest BCUT2D eigenvalue weighted by Gasteiger charge is -2.40. The van der Waals surface area contributed by atoms with Crippen LogP contribution in [0.5, 0.6) is 0 Å². The molecule has 0 unspecified atom stereocenters. The van der Waals surface area contributed by atoms with Crippen molar-refractivity contribution >= 4 is 29.9 Å². The average molecular weight is 566 g/mol. The van der Waals surface area contributed by atoms with Gasteiger partial charge in [0.2, 0.25) is 11.8 Å². The van der Waals surface area contributed by atoms with E-state index in [4.69, 9.17) is 0 Å². The number of rotatable bonds is 11. The molecule has 1 spiro atoms. The third kappa shape index (κ3) is 7.88. The molecule has 0 bridgehead atoms. The number of aryl methyl sites for hydroxylation is 1. The molecule has 1 saturated heterocycles. The number of benzene rings is 2. The third-order valence-electron chi connectivity index (χ3n) is 9.61. The second-order valence-electron chi connectivity index (χ2n) is 12.2. The highest BCUT2D eigenvalue weighted by atomic mass is 35.5. The van der Waals surface area contributed by atoms with E-state index in [1.54, 1.807) is 11.1 Å². The van der Waals surface area contributed by atoms with Crippen LogP contribution in [0.1, 0.15) is 88.2 Å². The number of halogens is 1. The lowest BCUT2D eigenvalue weighted by molar-refractivity contribution is -0.121. The second-order valence-corrected chi connectivity index (χ2v) is 12.2. The Morgan fingerprint density at radius 3 is 2.38 bits per heavy atom. The largest absolute Gasteiger partial charge is 0.356 e. The van der Waals surface area contributed by atoms with E-state index in [1.165, 1.54) is 57.8 Å². The minimum atomic E-state index is 0. The first-order chi connectivity index (χ1) is 19.1. The van der Waals surface area contributed by atoms with E-state index in [1.807, 2.05) is 35.2 Å². The molecule has 3 aliphatic rings. The maximum atomic E-state index is 13.3. The molecule has 5 rings (SSSR count). The molecule has 40 heavy (non-hydrogen) atoms. The summed E-state index contributed by atoms with van der Waals surface area (Å²) in [4.78, 5) is 30.2. The van der Waals surface area contributed by atoms with Crippen LogP contribution in [-0.2, 0) is 21.4 Å². The molecular formula is C34H48ClN3O2. The number of carbonyl (C=O) groups excluding carboxylic acids is 2. The Kier molecular flexibility index (Phi) is 11.5. The highest BCUT2D eigenvalue weighted by Crippen LogP contribution is 2.46. The molecule has 1 aliphatic heterocycles. The standard InChI is InChI=1S/C34H47N3O2.ClH/c38-32(35-27-28-11-3-1-4-12-28)17-9-18-33(39)37(30-14-5-2-6-15-30)24-10-23-36-25-21-34(22-26-36)20-19-29-13-7-8-16-31(29)34;/h2,5-8,13-16,28H,1,3-4,9-12,17-27H2,(H,35,38);1H. The highest BCUT2D eigenvalue weighted by Gasteiger charge is 2.40. The number of likely N-dealkylation sites (tertiary alicyclic amines) is 1. The zero-order chi connectivity index (χ0) is 26.9. The first kappa shape index (κ1) is 30.6. The number of amides is 2. The fraction of sp³-hybridized carbons (Fsp3) is 0.588. The summed E-state index contributed by atoms with van der Waals surface area (Å²) >= 11 is 0. The molecule has 2 amide bonds. The molecule has 2 aromatic rings. The molecule has 6 heteroatoms. The molecule has 5 nitrogen and oxygen atoms in total. The molecular weight excluding hydrogens is 518 g/mol. The quantitative estimate of drug-likeness (QED) is 0.331. The van der Waals surface area contributed by atoms with Crippen molar-refractivity contribution in [3.05, 3.63) is 65.7 Å². The van der Waals surface area contributed by atoms with E-state index < -0.39 is 0 Å². The number of para-hydroxylation sites is 1. The molecule has 2 fully saturated rings. The first-order valence-corrected chi connectivity index (χ1v) is 15.6. The van der Waals surface area contributed by atoms with Gasteiger partial charge in [-0.25, -0.2) is 0 Å². The van der Waals surface area contributed by atoms with Gasteiger partial charge in [0.25, 0.3) is 0 Å². The highest BCUT2D eigenvalue weighted by molar-refractivity contribution is 5.93. The lowest BCUT2D eigenvalue weighted by atomic mass is 9.74. The lowest BCUT2D eigenvalue weighted by Crippen LogP contribution is -2.42. The summed E-state index contributed by atoms with van der Waals surface area (Å²) in [6, 6.07) is 19.1. The SMILES string of the molecule is Cl.O=C(CCCC(=O)N(CCCN1CCC2(CCc3ccccc32)CC1)c1ccccc1)NCC1CCCCC1. The molecule has 2 aliphatic carbocycles. The predicted molar refractivity (Wildman–Crippen MR) is 166 cm³/mol. The first-order valence-electron chi connectivity index (χ1n) is 15.6. The summed E-state index contributed by atoms with van der Waals surface area (Å²) in [6.07, 6.45) is 13.8. The van der Waals surface area contributed by atoms with Crippen molar-refractivity contribution in [1.29, 1.82) is 0 Å². The summed E-state index contributed by atoms with van der Waals surface area (Å²) in [5.74, 6) is 0.853. The van der Waals surface area contributed by atoms with Gasteiger partial charge in [-0.05, 0) is 106 Å². The Labute approximate surface area is 247 Å². The Morgan fingerprint density at radius 1 is 0.875 bits per heavy atom. The Balaban J connectivity index is 0.00000370. The van der Waals surface area contributed by atoms with E-state index in [-0.39, 0.29) is 24.2 Å².